The number of anilines is 1. The van der Waals surface area contributed by atoms with Gasteiger partial charge in [0.05, 0.1) is 0 Å². The van der Waals surface area contributed by atoms with E-state index in [4.69, 9.17) is 14.2 Å². The summed E-state index contributed by atoms with van der Waals surface area (Å²) in [5.41, 5.74) is 1.70. The monoisotopic (exact) mass is 328 g/mol. The van der Waals surface area contributed by atoms with Gasteiger partial charge in [0.25, 0.3) is 0 Å². The maximum Gasteiger partial charge on any atom is 0.349 e. The van der Waals surface area contributed by atoms with Crippen LogP contribution < -0.4 is 4.90 Å². The first-order valence-corrected chi connectivity index (χ1v) is 7.43. The third-order valence-corrected chi connectivity index (χ3v) is 3.26. The Kier molecular flexibility index (Phi) is 5.14. The fourth-order valence-corrected chi connectivity index (χ4v) is 2.02. The van der Waals surface area contributed by atoms with Crippen molar-refractivity contribution in [3.8, 4) is 6.07 Å². The van der Waals surface area contributed by atoms with Crippen LogP contribution in [0.3, 0.4) is 0 Å². The molecule has 1 aromatic rings. The first-order valence-electron chi connectivity index (χ1n) is 7.43. The van der Waals surface area contributed by atoms with E-state index in [1.807, 2.05) is 49.3 Å². The zero-order chi connectivity index (χ0) is 17.7. The van der Waals surface area contributed by atoms with E-state index in [9.17, 15) is 10.1 Å². The highest BCUT2D eigenvalue weighted by molar-refractivity contribution is 5.98. The summed E-state index contributed by atoms with van der Waals surface area (Å²) < 4.78 is 15.8. The van der Waals surface area contributed by atoms with Crippen molar-refractivity contribution in [2.45, 2.75) is 19.6 Å². The minimum atomic E-state index is -0.760. The molecular formula is C18H20N2O4. The van der Waals surface area contributed by atoms with Gasteiger partial charge in [0.15, 0.2) is 12.4 Å². The Morgan fingerprint density at radius 1 is 1.33 bits per heavy atom. The molecule has 1 aliphatic heterocycles. The summed E-state index contributed by atoms with van der Waals surface area (Å²) in [5, 5.41) is 9.18. The number of hydrogen-bond acceptors (Lipinski definition) is 6. The molecule has 0 saturated carbocycles. The van der Waals surface area contributed by atoms with Gasteiger partial charge in [0.2, 0.25) is 5.79 Å². The predicted octanol–water partition coefficient (Wildman–Crippen LogP) is 2.83. The molecule has 1 aliphatic rings. The molecule has 0 unspecified atom stereocenters. The SMILES string of the molecule is CN(C)c1ccc(/C=C(\C#N)C(=O)OCC2=COC(C)(C)O2)cc1. The van der Waals surface area contributed by atoms with Crippen molar-refractivity contribution in [2.24, 2.45) is 0 Å². The smallest absolute Gasteiger partial charge is 0.349 e. The van der Waals surface area contributed by atoms with Crippen molar-refractivity contribution in [3.05, 3.63) is 47.4 Å². The van der Waals surface area contributed by atoms with E-state index in [1.54, 1.807) is 13.8 Å². The Morgan fingerprint density at radius 2 is 2.00 bits per heavy atom. The molecule has 126 valence electrons. The predicted molar refractivity (Wildman–Crippen MR) is 89.7 cm³/mol. The van der Waals surface area contributed by atoms with Crippen molar-refractivity contribution in [3.63, 3.8) is 0 Å². The van der Waals surface area contributed by atoms with E-state index >= 15 is 0 Å². The Hall–Kier alpha value is -2.94. The lowest BCUT2D eigenvalue weighted by Gasteiger charge is -2.18. The third-order valence-electron chi connectivity index (χ3n) is 3.26. The fourth-order valence-electron chi connectivity index (χ4n) is 2.02. The Morgan fingerprint density at radius 3 is 2.50 bits per heavy atom. The van der Waals surface area contributed by atoms with E-state index in [1.165, 1.54) is 12.3 Å². The molecule has 0 atom stereocenters. The summed E-state index contributed by atoms with van der Waals surface area (Å²) in [7, 11) is 3.88. The standard InChI is InChI=1S/C18H20N2O4/c1-18(2)23-12-16(24-18)11-22-17(21)14(10-19)9-13-5-7-15(8-6-13)20(3)4/h5-9,12H,11H2,1-4H3/b14-9+. The zero-order valence-corrected chi connectivity index (χ0v) is 14.2. The molecule has 0 fully saturated rings. The van der Waals surface area contributed by atoms with E-state index in [0.29, 0.717) is 5.76 Å². The molecule has 0 saturated heterocycles. The van der Waals surface area contributed by atoms with Gasteiger partial charge < -0.3 is 19.1 Å². The van der Waals surface area contributed by atoms with Crippen LogP contribution in [-0.2, 0) is 19.0 Å². The lowest BCUT2D eigenvalue weighted by Crippen LogP contribution is -2.21. The number of rotatable bonds is 5. The first-order chi connectivity index (χ1) is 11.3. The molecule has 0 aromatic heterocycles. The van der Waals surface area contributed by atoms with Gasteiger partial charge in [0.1, 0.15) is 17.9 Å². The summed E-state index contributed by atoms with van der Waals surface area (Å²) >= 11 is 0. The Labute approximate surface area is 141 Å². The molecule has 1 heterocycles. The molecule has 6 heteroatoms. The van der Waals surface area contributed by atoms with Crippen LogP contribution >= 0.6 is 0 Å². The summed E-state index contributed by atoms with van der Waals surface area (Å²) in [6, 6.07) is 9.34. The lowest BCUT2D eigenvalue weighted by atomic mass is 10.1. The summed E-state index contributed by atoms with van der Waals surface area (Å²) in [6.07, 6.45) is 2.90. The van der Waals surface area contributed by atoms with Crippen LogP contribution in [0.5, 0.6) is 0 Å². The van der Waals surface area contributed by atoms with Gasteiger partial charge in [-0.2, -0.15) is 5.26 Å². The Balaban J connectivity index is 2.00. The highest BCUT2D eigenvalue weighted by atomic mass is 16.7. The normalized spacial score (nSPS) is 15.6. The van der Waals surface area contributed by atoms with E-state index in [2.05, 4.69) is 0 Å². The van der Waals surface area contributed by atoms with Crippen molar-refractivity contribution < 1.29 is 19.0 Å². The minimum absolute atomic E-state index is 0.0774. The largest absolute Gasteiger partial charge is 0.457 e. The second-order valence-electron chi connectivity index (χ2n) is 5.94. The molecule has 24 heavy (non-hydrogen) atoms. The van der Waals surface area contributed by atoms with E-state index in [-0.39, 0.29) is 12.2 Å². The van der Waals surface area contributed by atoms with Crippen LogP contribution in [-0.4, -0.2) is 32.5 Å². The summed E-state index contributed by atoms with van der Waals surface area (Å²) in [4.78, 5) is 14.0. The number of ether oxygens (including phenoxy) is 3. The van der Waals surface area contributed by atoms with Crippen molar-refractivity contribution in [1.29, 1.82) is 5.26 Å². The van der Waals surface area contributed by atoms with Crippen LogP contribution in [0, 0.1) is 11.3 Å². The maximum absolute atomic E-state index is 12.0. The molecule has 2 rings (SSSR count). The minimum Gasteiger partial charge on any atom is -0.457 e. The molecule has 0 amide bonds. The van der Waals surface area contributed by atoms with Crippen LogP contribution in [0.25, 0.3) is 6.08 Å². The number of nitrogens with zero attached hydrogens (tertiary/aromatic N) is 2. The summed E-state index contributed by atoms with van der Waals surface area (Å²) in [6.45, 7) is 3.41. The second-order valence-corrected chi connectivity index (χ2v) is 5.94. The van der Waals surface area contributed by atoms with Crippen molar-refractivity contribution in [1.82, 2.24) is 0 Å². The molecule has 0 aliphatic carbocycles. The molecular weight excluding hydrogens is 308 g/mol. The van der Waals surface area contributed by atoms with Gasteiger partial charge >= 0.3 is 5.97 Å². The second kappa shape index (κ2) is 7.09. The van der Waals surface area contributed by atoms with E-state index in [0.717, 1.165) is 11.3 Å². The quantitative estimate of drug-likeness (QED) is 0.470. The van der Waals surface area contributed by atoms with Crippen LogP contribution in [0.15, 0.2) is 41.9 Å². The van der Waals surface area contributed by atoms with Gasteiger partial charge in [-0.05, 0) is 23.8 Å². The van der Waals surface area contributed by atoms with Crippen molar-refractivity contribution >= 4 is 17.7 Å². The third kappa shape index (κ3) is 4.53. The maximum atomic E-state index is 12.0. The average molecular weight is 328 g/mol. The highest BCUT2D eigenvalue weighted by Gasteiger charge is 2.28. The van der Waals surface area contributed by atoms with Crippen LogP contribution in [0.1, 0.15) is 19.4 Å². The Bertz CT molecular complexity index is 710. The molecule has 0 radical (unpaired) electrons. The molecule has 6 nitrogen and oxygen atoms in total. The van der Waals surface area contributed by atoms with Crippen LogP contribution in [0.2, 0.25) is 0 Å². The number of hydrogen-bond donors (Lipinski definition) is 0. The number of carbonyl (C=O) groups is 1. The van der Waals surface area contributed by atoms with Gasteiger partial charge in [-0.25, -0.2) is 4.79 Å². The van der Waals surface area contributed by atoms with Gasteiger partial charge in [0, 0.05) is 33.6 Å². The van der Waals surface area contributed by atoms with E-state index < -0.39 is 11.8 Å². The molecule has 0 N–H and O–H groups in total. The fraction of sp³-hybridized carbons (Fsp3) is 0.333. The van der Waals surface area contributed by atoms with Crippen molar-refractivity contribution in [2.75, 3.05) is 25.6 Å². The summed E-state index contributed by atoms with van der Waals surface area (Å²) in [5.74, 6) is -1.06. The van der Waals surface area contributed by atoms with Gasteiger partial charge in [-0.1, -0.05) is 12.1 Å². The molecule has 0 bridgehead atoms. The number of carbonyl (C=O) groups excluding carboxylic acids is 1. The average Bonchev–Trinajstić information content (AvgIpc) is 2.89. The first kappa shape index (κ1) is 17.4. The van der Waals surface area contributed by atoms with Gasteiger partial charge in [-0.3, -0.25) is 0 Å². The molecule has 0 spiro atoms. The molecule has 1 aromatic carbocycles. The number of nitriles is 1. The van der Waals surface area contributed by atoms with Crippen LogP contribution in [0.4, 0.5) is 5.69 Å². The highest BCUT2D eigenvalue weighted by Crippen LogP contribution is 2.24. The topological polar surface area (TPSA) is 71.8 Å². The number of benzene rings is 1. The van der Waals surface area contributed by atoms with Gasteiger partial charge in [-0.15, -0.1) is 0 Å². The lowest BCUT2D eigenvalue weighted by molar-refractivity contribution is -0.143. The zero-order valence-electron chi connectivity index (χ0n) is 14.2. The number of esters is 1.